The van der Waals surface area contributed by atoms with Gasteiger partial charge in [-0.1, -0.05) is 38.0 Å². The fourth-order valence-corrected chi connectivity index (χ4v) is 4.41. The van der Waals surface area contributed by atoms with E-state index >= 15 is 0 Å². The zero-order valence-electron chi connectivity index (χ0n) is 16.1. The molecule has 28 heavy (non-hydrogen) atoms. The number of amides is 1. The SMILES string of the molecule is CC1CCCCC1NC(=O)c1ccc(N2CCc3ccccc32)c([N+](=O)[O-])c1. The molecular weight excluding hydrogens is 354 g/mol. The molecule has 2 aromatic carbocycles. The minimum atomic E-state index is -0.393. The van der Waals surface area contributed by atoms with Crippen LogP contribution in [0.2, 0.25) is 0 Å². The molecule has 0 spiro atoms. The van der Waals surface area contributed by atoms with Crippen molar-refractivity contribution in [1.29, 1.82) is 0 Å². The molecule has 1 heterocycles. The topological polar surface area (TPSA) is 75.5 Å². The fraction of sp³-hybridized carbons (Fsp3) is 0.409. The Labute approximate surface area is 164 Å². The molecule has 2 aliphatic rings. The molecule has 6 heteroatoms. The first-order valence-electron chi connectivity index (χ1n) is 9.99. The van der Waals surface area contributed by atoms with Crippen LogP contribution in [0, 0.1) is 16.0 Å². The molecule has 0 bridgehead atoms. The second-order valence-electron chi connectivity index (χ2n) is 7.83. The number of rotatable bonds is 4. The minimum Gasteiger partial charge on any atom is -0.349 e. The van der Waals surface area contributed by atoms with Gasteiger partial charge in [0, 0.05) is 29.9 Å². The number of para-hydroxylation sites is 1. The molecule has 4 rings (SSSR count). The van der Waals surface area contributed by atoms with Crippen molar-refractivity contribution in [1.82, 2.24) is 5.32 Å². The summed E-state index contributed by atoms with van der Waals surface area (Å²) in [6.07, 6.45) is 5.25. The third-order valence-electron chi connectivity index (χ3n) is 6.04. The third-order valence-corrected chi connectivity index (χ3v) is 6.04. The van der Waals surface area contributed by atoms with Crippen LogP contribution in [0.3, 0.4) is 0 Å². The molecule has 0 radical (unpaired) electrons. The molecule has 1 aliphatic heterocycles. The summed E-state index contributed by atoms with van der Waals surface area (Å²) in [5, 5.41) is 14.8. The number of anilines is 2. The highest BCUT2D eigenvalue weighted by molar-refractivity contribution is 5.96. The van der Waals surface area contributed by atoms with E-state index in [9.17, 15) is 14.9 Å². The molecule has 146 valence electrons. The molecule has 1 saturated carbocycles. The Kier molecular flexibility index (Phi) is 5.03. The monoisotopic (exact) mass is 379 g/mol. The van der Waals surface area contributed by atoms with E-state index in [0.29, 0.717) is 23.7 Å². The molecule has 2 unspecified atom stereocenters. The minimum absolute atomic E-state index is 0.0268. The zero-order valence-corrected chi connectivity index (χ0v) is 16.1. The molecule has 1 N–H and O–H groups in total. The van der Waals surface area contributed by atoms with Gasteiger partial charge in [-0.2, -0.15) is 0 Å². The van der Waals surface area contributed by atoms with E-state index in [1.54, 1.807) is 12.1 Å². The molecular formula is C22H25N3O3. The average Bonchev–Trinajstić information content (AvgIpc) is 3.13. The lowest BCUT2D eigenvalue weighted by atomic mass is 9.86. The fourth-order valence-electron chi connectivity index (χ4n) is 4.41. The summed E-state index contributed by atoms with van der Waals surface area (Å²) in [6, 6.07) is 12.9. The predicted octanol–water partition coefficient (Wildman–Crippen LogP) is 4.60. The first kappa shape index (κ1) is 18.5. The first-order valence-corrected chi connectivity index (χ1v) is 9.99. The summed E-state index contributed by atoms with van der Waals surface area (Å²) in [6.45, 7) is 2.85. The van der Waals surface area contributed by atoms with E-state index in [1.807, 2.05) is 29.2 Å². The number of nitrogens with one attached hydrogen (secondary N) is 1. The summed E-state index contributed by atoms with van der Waals surface area (Å²) in [5.41, 5.74) is 3.04. The summed E-state index contributed by atoms with van der Waals surface area (Å²) >= 11 is 0. The van der Waals surface area contributed by atoms with E-state index in [1.165, 1.54) is 18.1 Å². The Bertz CT molecular complexity index is 912. The van der Waals surface area contributed by atoms with Crippen molar-refractivity contribution in [2.45, 2.75) is 45.1 Å². The number of nitro benzene ring substituents is 1. The van der Waals surface area contributed by atoms with Crippen molar-refractivity contribution in [2.24, 2.45) is 5.92 Å². The highest BCUT2D eigenvalue weighted by Crippen LogP contribution is 2.39. The van der Waals surface area contributed by atoms with Gasteiger partial charge in [0.05, 0.1) is 4.92 Å². The number of hydrogen-bond donors (Lipinski definition) is 1. The number of nitro groups is 1. The number of carbonyl (C=O) groups is 1. The van der Waals surface area contributed by atoms with Crippen LogP contribution in [0.4, 0.5) is 17.1 Å². The van der Waals surface area contributed by atoms with Crippen molar-refractivity contribution in [3.63, 3.8) is 0 Å². The van der Waals surface area contributed by atoms with Gasteiger partial charge in [-0.05, 0) is 48.9 Å². The largest absolute Gasteiger partial charge is 0.349 e. The maximum atomic E-state index is 12.7. The number of nitrogens with zero attached hydrogens (tertiary/aromatic N) is 2. The van der Waals surface area contributed by atoms with Crippen LogP contribution in [-0.2, 0) is 6.42 Å². The van der Waals surface area contributed by atoms with Gasteiger partial charge in [0.25, 0.3) is 11.6 Å². The summed E-state index contributed by atoms with van der Waals surface area (Å²) in [4.78, 5) is 26.0. The van der Waals surface area contributed by atoms with Crippen LogP contribution in [0.15, 0.2) is 42.5 Å². The Balaban J connectivity index is 1.61. The first-order chi connectivity index (χ1) is 13.5. The van der Waals surface area contributed by atoms with Gasteiger partial charge in [0.2, 0.25) is 0 Å². The highest BCUT2D eigenvalue weighted by Gasteiger charge is 2.28. The molecule has 1 fully saturated rings. The van der Waals surface area contributed by atoms with Crippen LogP contribution in [0.1, 0.15) is 48.5 Å². The second-order valence-corrected chi connectivity index (χ2v) is 7.83. The Morgan fingerprint density at radius 2 is 1.93 bits per heavy atom. The van der Waals surface area contributed by atoms with Gasteiger partial charge in [-0.25, -0.2) is 0 Å². The van der Waals surface area contributed by atoms with Gasteiger partial charge >= 0.3 is 0 Å². The normalized spacial score (nSPS) is 21.2. The summed E-state index contributed by atoms with van der Waals surface area (Å²) in [5.74, 6) is 0.211. The van der Waals surface area contributed by atoms with E-state index in [4.69, 9.17) is 0 Å². The maximum absolute atomic E-state index is 12.7. The molecule has 0 aromatic heterocycles. The third kappa shape index (κ3) is 3.46. The molecule has 2 aromatic rings. The number of carbonyl (C=O) groups excluding carboxylic acids is 1. The Morgan fingerprint density at radius 1 is 1.14 bits per heavy atom. The lowest BCUT2D eigenvalue weighted by Gasteiger charge is -2.29. The Morgan fingerprint density at radius 3 is 2.71 bits per heavy atom. The van der Waals surface area contributed by atoms with Crippen LogP contribution in [0.5, 0.6) is 0 Å². The molecule has 1 amide bonds. The number of hydrogen-bond acceptors (Lipinski definition) is 4. The van der Waals surface area contributed by atoms with Crippen LogP contribution in [-0.4, -0.2) is 23.4 Å². The Hall–Kier alpha value is -2.89. The van der Waals surface area contributed by atoms with E-state index in [0.717, 1.165) is 31.4 Å². The van der Waals surface area contributed by atoms with Gasteiger partial charge in [-0.3, -0.25) is 14.9 Å². The second kappa shape index (κ2) is 7.62. The van der Waals surface area contributed by atoms with E-state index in [-0.39, 0.29) is 17.6 Å². The molecule has 2 atom stereocenters. The predicted molar refractivity (Wildman–Crippen MR) is 109 cm³/mol. The average molecular weight is 379 g/mol. The molecule has 1 aliphatic carbocycles. The van der Waals surface area contributed by atoms with Crippen molar-refractivity contribution in [3.8, 4) is 0 Å². The summed E-state index contributed by atoms with van der Waals surface area (Å²) < 4.78 is 0. The lowest BCUT2D eigenvalue weighted by molar-refractivity contribution is -0.384. The van der Waals surface area contributed by atoms with E-state index in [2.05, 4.69) is 12.2 Å². The molecule has 0 saturated heterocycles. The van der Waals surface area contributed by atoms with Gasteiger partial charge < -0.3 is 10.2 Å². The number of benzene rings is 2. The smallest absolute Gasteiger partial charge is 0.293 e. The maximum Gasteiger partial charge on any atom is 0.293 e. The molecule has 6 nitrogen and oxygen atoms in total. The standard InChI is InChI=1S/C22H25N3O3/c1-15-6-2-4-8-18(15)23-22(26)17-10-11-20(21(14-17)25(27)28)24-13-12-16-7-3-5-9-19(16)24/h3,5,7,9-11,14-15,18H,2,4,6,8,12-13H2,1H3,(H,23,26). The quantitative estimate of drug-likeness (QED) is 0.622. The van der Waals surface area contributed by atoms with Crippen molar-refractivity contribution >= 4 is 23.0 Å². The van der Waals surface area contributed by atoms with Crippen LogP contribution in [0.25, 0.3) is 0 Å². The van der Waals surface area contributed by atoms with Gasteiger partial charge in [0.1, 0.15) is 5.69 Å². The zero-order chi connectivity index (χ0) is 19.7. The van der Waals surface area contributed by atoms with Crippen molar-refractivity contribution in [2.75, 3.05) is 11.4 Å². The van der Waals surface area contributed by atoms with E-state index < -0.39 is 4.92 Å². The lowest BCUT2D eigenvalue weighted by Crippen LogP contribution is -2.41. The van der Waals surface area contributed by atoms with Crippen LogP contribution < -0.4 is 10.2 Å². The van der Waals surface area contributed by atoms with Gasteiger partial charge in [-0.15, -0.1) is 0 Å². The van der Waals surface area contributed by atoms with Crippen molar-refractivity contribution in [3.05, 3.63) is 63.7 Å². The van der Waals surface area contributed by atoms with Gasteiger partial charge in [0.15, 0.2) is 0 Å². The number of fused-ring (bicyclic) bond motifs is 1. The highest BCUT2D eigenvalue weighted by atomic mass is 16.6. The summed E-state index contributed by atoms with van der Waals surface area (Å²) in [7, 11) is 0. The van der Waals surface area contributed by atoms with Crippen LogP contribution >= 0.6 is 0 Å². The van der Waals surface area contributed by atoms with Crippen molar-refractivity contribution < 1.29 is 9.72 Å².